The predicted molar refractivity (Wildman–Crippen MR) is 82.6 cm³/mol. The number of morpholine rings is 1. The van der Waals surface area contributed by atoms with Crippen molar-refractivity contribution in [2.45, 2.75) is 30.4 Å². The molecule has 4 nitrogen and oxygen atoms in total. The van der Waals surface area contributed by atoms with Crippen molar-refractivity contribution >= 4 is 37.6 Å². The highest BCUT2D eigenvalue weighted by molar-refractivity contribution is 9.10. The zero-order valence-corrected chi connectivity index (χ0v) is 14.5. The Kier molecular flexibility index (Phi) is 4.81. The molecular formula is C13H17BrClNO3S. The third kappa shape index (κ3) is 3.54. The van der Waals surface area contributed by atoms with E-state index in [0.29, 0.717) is 6.54 Å². The van der Waals surface area contributed by atoms with Gasteiger partial charge in [0.05, 0.1) is 16.6 Å². The van der Waals surface area contributed by atoms with Crippen LogP contribution in [0.15, 0.2) is 33.6 Å². The van der Waals surface area contributed by atoms with Crippen LogP contribution in [-0.4, -0.2) is 43.4 Å². The molecule has 0 radical (unpaired) electrons. The minimum atomic E-state index is -3.53. The Bertz CT molecular complexity index is 591. The summed E-state index contributed by atoms with van der Waals surface area (Å²) in [6, 6.07) is 6.71. The molecule has 0 saturated carbocycles. The Labute approximate surface area is 133 Å². The zero-order chi connectivity index (χ0) is 15.0. The molecule has 112 valence electrons. The van der Waals surface area contributed by atoms with Gasteiger partial charge in [-0.2, -0.15) is 4.31 Å². The number of rotatable bonds is 3. The van der Waals surface area contributed by atoms with E-state index in [1.165, 1.54) is 4.31 Å². The number of nitrogens with zero attached hydrogens (tertiary/aromatic N) is 1. The molecule has 1 aromatic carbocycles. The minimum absolute atomic E-state index is 0.272. The molecule has 1 aliphatic heterocycles. The lowest BCUT2D eigenvalue weighted by molar-refractivity contribution is -0.107. The molecule has 1 unspecified atom stereocenters. The largest absolute Gasteiger partial charge is 0.368 e. The van der Waals surface area contributed by atoms with Crippen LogP contribution in [0, 0.1) is 0 Å². The normalized spacial score (nSPS) is 23.7. The predicted octanol–water partition coefficient (Wildman–Crippen LogP) is 2.86. The molecule has 1 saturated heterocycles. The van der Waals surface area contributed by atoms with Gasteiger partial charge in [-0.1, -0.05) is 22.0 Å². The van der Waals surface area contributed by atoms with Crippen molar-refractivity contribution in [1.29, 1.82) is 0 Å². The number of ether oxygens (including phenoxy) is 1. The topological polar surface area (TPSA) is 46.6 Å². The monoisotopic (exact) mass is 381 g/mol. The van der Waals surface area contributed by atoms with E-state index in [0.717, 1.165) is 4.47 Å². The highest BCUT2D eigenvalue weighted by Crippen LogP contribution is 2.27. The van der Waals surface area contributed by atoms with Crippen molar-refractivity contribution in [3.05, 3.63) is 28.7 Å². The first-order valence-electron chi connectivity index (χ1n) is 6.24. The minimum Gasteiger partial charge on any atom is -0.368 e. The summed E-state index contributed by atoms with van der Waals surface area (Å²) in [5.74, 6) is 0.272. The van der Waals surface area contributed by atoms with Crippen molar-refractivity contribution in [2.75, 3.05) is 19.0 Å². The summed E-state index contributed by atoms with van der Waals surface area (Å²) in [5.41, 5.74) is -0.545. The number of alkyl halides is 1. The average Bonchev–Trinajstić information content (AvgIpc) is 2.36. The van der Waals surface area contributed by atoms with Gasteiger partial charge in [-0.3, -0.25) is 0 Å². The summed E-state index contributed by atoms with van der Waals surface area (Å²) in [5, 5.41) is 0. The maximum Gasteiger partial charge on any atom is 0.243 e. The van der Waals surface area contributed by atoms with Gasteiger partial charge < -0.3 is 4.74 Å². The van der Waals surface area contributed by atoms with Crippen LogP contribution in [0.4, 0.5) is 0 Å². The summed E-state index contributed by atoms with van der Waals surface area (Å²) in [6.07, 6.45) is -0.289. The van der Waals surface area contributed by atoms with E-state index >= 15 is 0 Å². The van der Waals surface area contributed by atoms with Gasteiger partial charge in [0.25, 0.3) is 0 Å². The van der Waals surface area contributed by atoms with Crippen LogP contribution in [0.1, 0.15) is 13.8 Å². The summed E-state index contributed by atoms with van der Waals surface area (Å²) >= 11 is 9.14. The molecule has 0 bridgehead atoms. The molecule has 1 aromatic rings. The van der Waals surface area contributed by atoms with Crippen LogP contribution in [0.25, 0.3) is 0 Å². The Balaban J connectivity index is 2.33. The molecule has 0 N–H and O–H groups in total. The molecule has 0 spiro atoms. The highest BCUT2D eigenvalue weighted by atomic mass is 79.9. The van der Waals surface area contributed by atoms with Gasteiger partial charge in [-0.25, -0.2) is 8.42 Å². The Morgan fingerprint density at radius 1 is 1.50 bits per heavy atom. The maximum atomic E-state index is 12.7. The summed E-state index contributed by atoms with van der Waals surface area (Å²) in [7, 11) is -3.53. The number of benzene rings is 1. The van der Waals surface area contributed by atoms with Crippen molar-refractivity contribution in [1.82, 2.24) is 4.31 Å². The molecule has 7 heteroatoms. The van der Waals surface area contributed by atoms with Crippen molar-refractivity contribution in [3.63, 3.8) is 0 Å². The Hall–Kier alpha value is -0.140. The Morgan fingerprint density at radius 3 is 2.80 bits per heavy atom. The third-order valence-electron chi connectivity index (χ3n) is 3.06. The second-order valence-electron chi connectivity index (χ2n) is 5.41. The van der Waals surface area contributed by atoms with Crippen LogP contribution in [0.5, 0.6) is 0 Å². The van der Waals surface area contributed by atoms with Crippen LogP contribution >= 0.6 is 27.5 Å². The van der Waals surface area contributed by atoms with Gasteiger partial charge >= 0.3 is 0 Å². The lowest BCUT2D eigenvalue weighted by Crippen LogP contribution is -2.55. The molecule has 1 heterocycles. The van der Waals surface area contributed by atoms with Crippen LogP contribution in [0.2, 0.25) is 0 Å². The first-order valence-corrected chi connectivity index (χ1v) is 9.01. The van der Waals surface area contributed by atoms with E-state index in [4.69, 9.17) is 16.3 Å². The van der Waals surface area contributed by atoms with Crippen molar-refractivity contribution in [3.8, 4) is 0 Å². The zero-order valence-electron chi connectivity index (χ0n) is 11.3. The van der Waals surface area contributed by atoms with E-state index in [-0.39, 0.29) is 23.4 Å². The average molecular weight is 383 g/mol. The molecule has 1 atom stereocenters. The van der Waals surface area contributed by atoms with Gasteiger partial charge in [-0.15, -0.1) is 11.6 Å². The fourth-order valence-electron chi connectivity index (χ4n) is 2.28. The van der Waals surface area contributed by atoms with E-state index in [2.05, 4.69) is 15.9 Å². The van der Waals surface area contributed by atoms with Crippen LogP contribution < -0.4 is 0 Å². The first kappa shape index (κ1) is 16.2. The second-order valence-corrected chi connectivity index (χ2v) is 8.57. The van der Waals surface area contributed by atoms with E-state index < -0.39 is 15.6 Å². The lowest BCUT2D eigenvalue weighted by atomic mass is 10.1. The van der Waals surface area contributed by atoms with Gasteiger partial charge in [0.1, 0.15) is 0 Å². The van der Waals surface area contributed by atoms with Crippen LogP contribution in [-0.2, 0) is 14.8 Å². The number of halogens is 2. The summed E-state index contributed by atoms with van der Waals surface area (Å²) < 4.78 is 33.3. The van der Waals surface area contributed by atoms with Crippen molar-refractivity contribution in [2.24, 2.45) is 0 Å². The molecule has 0 amide bonds. The SMILES string of the molecule is CC1(C)CN(S(=O)(=O)c2cccc(Br)c2)CC(CCl)O1. The van der Waals surface area contributed by atoms with E-state index in [1.807, 2.05) is 13.8 Å². The summed E-state index contributed by atoms with van der Waals surface area (Å²) in [6.45, 7) is 4.33. The van der Waals surface area contributed by atoms with Crippen molar-refractivity contribution < 1.29 is 13.2 Å². The molecule has 20 heavy (non-hydrogen) atoms. The smallest absolute Gasteiger partial charge is 0.243 e. The van der Waals surface area contributed by atoms with Gasteiger partial charge in [0.2, 0.25) is 10.0 Å². The maximum absolute atomic E-state index is 12.7. The lowest BCUT2D eigenvalue weighted by Gasteiger charge is -2.41. The van der Waals surface area contributed by atoms with Gasteiger partial charge in [-0.05, 0) is 32.0 Å². The first-order chi connectivity index (χ1) is 9.24. The fraction of sp³-hybridized carbons (Fsp3) is 0.538. The molecule has 0 aliphatic carbocycles. The molecule has 1 fully saturated rings. The summed E-state index contributed by atoms with van der Waals surface area (Å²) in [4.78, 5) is 0.276. The molecule has 1 aliphatic rings. The molecule has 0 aromatic heterocycles. The highest BCUT2D eigenvalue weighted by Gasteiger charge is 2.39. The van der Waals surface area contributed by atoms with Gasteiger partial charge in [0.15, 0.2) is 0 Å². The quantitative estimate of drug-likeness (QED) is 0.755. The Morgan fingerprint density at radius 2 is 2.20 bits per heavy atom. The number of sulfonamides is 1. The molecular weight excluding hydrogens is 366 g/mol. The van der Waals surface area contributed by atoms with Crippen LogP contribution in [0.3, 0.4) is 0 Å². The number of hydrogen-bond acceptors (Lipinski definition) is 3. The van der Waals surface area contributed by atoms with Gasteiger partial charge in [0, 0.05) is 23.4 Å². The van der Waals surface area contributed by atoms with E-state index in [1.54, 1.807) is 24.3 Å². The standard InChI is InChI=1S/C13H17BrClNO3S/c1-13(2)9-16(8-11(7-15)19-13)20(17,18)12-5-3-4-10(14)6-12/h3-6,11H,7-9H2,1-2H3. The second kappa shape index (κ2) is 5.93. The van der Waals surface area contributed by atoms with E-state index in [9.17, 15) is 8.42 Å². The molecule has 2 rings (SSSR count). The number of hydrogen-bond donors (Lipinski definition) is 0. The fourth-order valence-corrected chi connectivity index (χ4v) is 4.66. The third-order valence-corrected chi connectivity index (χ3v) is 5.70.